The van der Waals surface area contributed by atoms with Gasteiger partial charge in [-0.05, 0) is 78.5 Å². The zero-order valence-electron chi connectivity index (χ0n) is 16.2. The average Bonchev–Trinajstić information content (AvgIpc) is 2.76. The van der Waals surface area contributed by atoms with Gasteiger partial charge in [-0.25, -0.2) is 0 Å². The van der Waals surface area contributed by atoms with E-state index < -0.39 is 0 Å². The number of nitrogens with zero attached hydrogens (tertiary/aromatic N) is 1. The molecular weight excluding hydrogens is 297 g/mol. The largest absolute Gasteiger partial charge is 0.494 e. The molecule has 0 aromatic heterocycles. The minimum atomic E-state index is -0.288. The monoisotopic (exact) mass is 329 g/mol. The zero-order chi connectivity index (χ0) is 17.6. The fourth-order valence-corrected chi connectivity index (χ4v) is 3.66. The third kappa shape index (κ3) is 3.16. The van der Waals surface area contributed by atoms with Crippen molar-refractivity contribution >= 4 is 12.6 Å². The van der Waals surface area contributed by atoms with Crippen molar-refractivity contribution in [1.82, 2.24) is 4.90 Å². The van der Waals surface area contributed by atoms with Crippen LogP contribution in [0.5, 0.6) is 0 Å². The smallest absolute Gasteiger partial charge is 0.399 e. The van der Waals surface area contributed by atoms with Gasteiger partial charge in [-0.15, -0.1) is 0 Å². The summed E-state index contributed by atoms with van der Waals surface area (Å²) in [6.45, 7) is 15.5. The number of likely N-dealkylation sites (tertiary alicyclic amines) is 1. The quantitative estimate of drug-likeness (QED) is 0.789. The third-order valence-electron chi connectivity index (χ3n) is 6.29. The highest BCUT2D eigenvalue weighted by atomic mass is 16.7. The van der Waals surface area contributed by atoms with Gasteiger partial charge in [0.2, 0.25) is 0 Å². The summed E-state index contributed by atoms with van der Waals surface area (Å²) in [5, 5.41) is 0. The van der Waals surface area contributed by atoms with E-state index in [0.29, 0.717) is 0 Å². The van der Waals surface area contributed by atoms with Gasteiger partial charge in [0, 0.05) is 5.54 Å². The average molecular weight is 329 g/mol. The SMILES string of the molecule is CC(C)(c1ccc(B2OC(C)(C)C(C)(C)O2)cc1)N1CCCCC1. The Morgan fingerprint density at radius 1 is 0.875 bits per heavy atom. The predicted octanol–water partition coefficient (Wildman–Crippen LogP) is 3.71. The Kier molecular flexibility index (Phi) is 4.61. The molecule has 132 valence electrons. The maximum atomic E-state index is 6.16. The first-order chi connectivity index (χ1) is 11.1. The lowest BCUT2D eigenvalue weighted by molar-refractivity contribution is 0.00578. The Balaban J connectivity index is 1.76. The molecule has 0 saturated carbocycles. The Morgan fingerprint density at radius 3 is 1.88 bits per heavy atom. The molecule has 2 aliphatic heterocycles. The summed E-state index contributed by atoms with van der Waals surface area (Å²) in [7, 11) is -0.276. The number of rotatable bonds is 3. The van der Waals surface area contributed by atoms with Crippen molar-refractivity contribution in [2.45, 2.75) is 77.5 Å². The lowest BCUT2D eigenvalue weighted by atomic mass is 9.77. The van der Waals surface area contributed by atoms with Crippen molar-refractivity contribution in [3.8, 4) is 0 Å². The van der Waals surface area contributed by atoms with Crippen molar-refractivity contribution in [3.63, 3.8) is 0 Å². The first-order valence-electron chi connectivity index (χ1n) is 9.35. The normalized spacial score (nSPS) is 24.3. The summed E-state index contributed by atoms with van der Waals surface area (Å²) >= 11 is 0. The van der Waals surface area contributed by atoms with Gasteiger partial charge in [-0.1, -0.05) is 30.7 Å². The molecule has 3 rings (SSSR count). The van der Waals surface area contributed by atoms with Crippen LogP contribution in [0.1, 0.15) is 66.4 Å². The van der Waals surface area contributed by atoms with Crippen LogP contribution in [0.4, 0.5) is 0 Å². The Bertz CT molecular complexity index is 558. The number of hydrogen-bond acceptors (Lipinski definition) is 3. The van der Waals surface area contributed by atoms with E-state index in [2.05, 4.69) is 70.7 Å². The van der Waals surface area contributed by atoms with Gasteiger partial charge in [0.25, 0.3) is 0 Å². The van der Waals surface area contributed by atoms with Gasteiger partial charge in [0.05, 0.1) is 11.2 Å². The minimum absolute atomic E-state index is 0.0783. The highest BCUT2D eigenvalue weighted by Crippen LogP contribution is 2.36. The maximum absolute atomic E-state index is 6.16. The van der Waals surface area contributed by atoms with Crippen LogP contribution in [-0.4, -0.2) is 36.3 Å². The molecule has 0 amide bonds. The molecule has 2 aliphatic rings. The van der Waals surface area contributed by atoms with Crippen LogP contribution in [0, 0.1) is 0 Å². The molecule has 2 fully saturated rings. The number of hydrogen-bond donors (Lipinski definition) is 0. The third-order valence-corrected chi connectivity index (χ3v) is 6.29. The van der Waals surface area contributed by atoms with Gasteiger partial charge < -0.3 is 9.31 Å². The van der Waals surface area contributed by atoms with E-state index >= 15 is 0 Å². The van der Waals surface area contributed by atoms with E-state index in [1.807, 2.05) is 0 Å². The first kappa shape index (κ1) is 18.0. The van der Waals surface area contributed by atoms with Crippen LogP contribution in [-0.2, 0) is 14.8 Å². The Hall–Kier alpha value is -0.835. The Labute approximate surface area is 147 Å². The van der Waals surface area contributed by atoms with Crippen LogP contribution in [0.25, 0.3) is 0 Å². The van der Waals surface area contributed by atoms with Gasteiger partial charge in [0.1, 0.15) is 0 Å². The highest BCUT2D eigenvalue weighted by molar-refractivity contribution is 6.62. The van der Waals surface area contributed by atoms with Gasteiger partial charge in [-0.2, -0.15) is 0 Å². The summed E-state index contributed by atoms with van der Waals surface area (Å²) in [4.78, 5) is 2.61. The van der Waals surface area contributed by atoms with E-state index in [4.69, 9.17) is 9.31 Å². The van der Waals surface area contributed by atoms with Crippen molar-refractivity contribution < 1.29 is 9.31 Å². The molecule has 2 heterocycles. The molecule has 0 bridgehead atoms. The van der Waals surface area contributed by atoms with Gasteiger partial charge >= 0.3 is 7.12 Å². The molecule has 0 spiro atoms. The van der Waals surface area contributed by atoms with Crippen LogP contribution in [0.15, 0.2) is 24.3 Å². The molecule has 0 aliphatic carbocycles. The molecule has 0 N–H and O–H groups in total. The minimum Gasteiger partial charge on any atom is -0.399 e. The second kappa shape index (κ2) is 6.15. The summed E-state index contributed by atoms with van der Waals surface area (Å²) in [6.07, 6.45) is 4.00. The van der Waals surface area contributed by atoms with Gasteiger partial charge in [-0.3, -0.25) is 4.90 Å². The van der Waals surface area contributed by atoms with Crippen LogP contribution in [0.2, 0.25) is 0 Å². The van der Waals surface area contributed by atoms with E-state index in [9.17, 15) is 0 Å². The predicted molar refractivity (Wildman–Crippen MR) is 101 cm³/mol. The summed E-state index contributed by atoms with van der Waals surface area (Å²) in [5.41, 5.74) is 1.97. The second-order valence-corrected chi connectivity index (χ2v) is 8.82. The van der Waals surface area contributed by atoms with E-state index in [1.54, 1.807) is 0 Å². The molecule has 4 heteroatoms. The summed E-state index contributed by atoms with van der Waals surface area (Å²) in [6, 6.07) is 8.83. The fourth-order valence-electron chi connectivity index (χ4n) is 3.66. The molecule has 0 radical (unpaired) electrons. The van der Waals surface area contributed by atoms with Crippen molar-refractivity contribution in [1.29, 1.82) is 0 Å². The standard InChI is InChI=1S/C20H32BNO2/c1-18(2,22-14-8-7-9-15-22)16-10-12-17(13-11-16)21-23-19(3,4)20(5,6)24-21/h10-13H,7-9,14-15H2,1-6H3. The molecule has 24 heavy (non-hydrogen) atoms. The topological polar surface area (TPSA) is 21.7 Å². The van der Waals surface area contributed by atoms with E-state index in [0.717, 1.165) is 5.46 Å². The van der Waals surface area contributed by atoms with Crippen molar-refractivity contribution in [2.24, 2.45) is 0 Å². The molecule has 3 nitrogen and oxygen atoms in total. The van der Waals surface area contributed by atoms with E-state index in [-0.39, 0.29) is 23.9 Å². The molecule has 1 aromatic carbocycles. The van der Waals surface area contributed by atoms with Crippen molar-refractivity contribution in [2.75, 3.05) is 13.1 Å². The molecule has 2 saturated heterocycles. The lowest BCUT2D eigenvalue weighted by Gasteiger charge is -2.41. The fraction of sp³-hybridized carbons (Fsp3) is 0.700. The maximum Gasteiger partial charge on any atom is 0.494 e. The Morgan fingerprint density at radius 2 is 1.38 bits per heavy atom. The lowest BCUT2D eigenvalue weighted by Crippen LogP contribution is -2.44. The molecule has 1 aromatic rings. The number of piperidine rings is 1. The van der Waals surface area contributed by atoms with E-state index in [1.165, 1.54) is 37.9 Å². The summed E-state index contributed by atoms with van der Waals surface area (Å²) in [5.74, 6) is 0. The molecular formula is C20H32BNO2. The van der Waals surface area contributed by atoms with Crippen LogP contribution < -0.4 is 5.46 Å². The van der Waals surface area contributed by atoms with Gasteiger partial charge in [0.15, 0.2) is 0 Å². The molecule has 0 unspecified atom stereocenters. The van der Waals surface area contributed by atoms with Crippen molar-refractivity contribution in [3.05, 3.63) is 29.8 Å². The summed E-state index contributed by atoms with van der Waals surface area (Å²) < 4.78 is 12.3. The second-order valence-electron chi connectivity index (χ2n) is 8.82. The highest BCUT2D eigenvalue weighted by Gasteiger charge is 2.51. The van der Waals surface area contributed by atoms with Crippen LogP contribution >= 0.6 is 0 Å². The molecule has 0 atom stereocenters. The zero-order valence-corrected chi connectivity index (χ0v) is 16.2. The number of benzene rings is 1. The first-order valence-corrected chi connectivity index (χ1v) is 9.35. The van der Waals surface area contributed by atoms with Crippen LogP contribution in [0.3, 0.4) is 0 Å².